The Morgan fingerprint density at radius 2 is 1.33 bits per heavy atom. The number of hydrogen-bond acceptors (Lipinski definition) is 3. The van der Waals surface area contributed by atoms with Gasteiger partial charge in [0.05, 0.1) is 20.8 Å². The van der Waals surface area contributed by atoms with Crippen molar-refractivity contribution in [2.45, 2.75) is 6.10 Å². The maximum atomic E-state index is 6.04. The molecule has 2 aromatic rings. The quantitative estimate of drug-likeness (QED) is 0.700. The molecule has 0 atom stereocenters. The van der Waals surface area contributed by atoms with Gasteiger partial charge in [-0.25, -0.2) is 0 Å². The Labute approximate surface area is 134 Å². The smallest absolute Gasteiger partial charge is 0.125 e. The van der Waals surface area contributed by atoms with Crippen LogP contribution in [0.5, 0.6) is 11.5 Å². The van der Waals surface area contributed by atoms with Crippen LogP contribution in [0.1, 0.15) is 17.2 Å². The minimum Gasteiger partial charge on any atom is -0.496 e. The van der Waals surface area contributed by atoms with Crippen LogP contribution in [0.25, 0.3) is 0 Å². The minimum atomic E-state index is -0.227. The highest BCUT2D eigenvalue weighted by molar-refractivity contribution is 9.09. The molecule has 0 aliphatic rings. The molecule has 0 N–H and O–H groups in total. The van der Waals surface area contributed by atoms with E-state index in [9.17, 15) is 0 Å². The van der Waals surface area contributed by atoms with Crippen molar-refractivity contribution < 1.29 is 14.2 Å². The van der Waals surface area contributed by atoms with E-state index in [0.29, 0.717) is 6.61 Å². The van der Waals surface area contributed by atoms with Crippen molar-refractivity contribution in [1.29, 1.82) is 0 Å². The number of halogens is 1. The van der Waals surface area contributed by atoms with E-state index in [0.717, 1.165) is 28.0 Å². The second-order valence-corrected chi connectivity index (χ2v) is 5.22. The Bertz CT molecular complexity index is 524. The van der Waals surface area contributed by atoms with Crippen molar-refractivity contribution in [2.75, 3.05) is 26.2 Å². The molecule has 0 unspecified atom stereocenters. The summed E-state index contributed by atoms with van der Waals surface area (Å²) in [5.74, 6) is 1.62. The molecule has 0 spiro atoms. The zero-order valence-electron chi connectivity index (χ0n) is 12.2. The first-order valence-electron chi connectivity index (χ1n) is 6.75. The minimum absolute atomic E-state index is 0.227. The predicted octanol–water partition coefficient (Wildman–Crippen LogP) is 4.20. The fourth-order valence-corrected chi connectivity index (χ4v) is 2.46. The molecule has 4 heteroatoms. The molecule has 0 saturated carbocycles. The summed E-state index contributed by atoms with van der Waals surface area (Å²) in [6.07, 6.45) is -0.227. The molecular weight excluding hydrogens is 332 g/mol. The highest BCUT2D eigenvalue weighted by atomic mass is 79.9. The topological polar surface area (TPSA) is 27.7 Å². The van der Waals surface area contributed by atoms with Crippen molar-refractivity contribution in [3.8, 4) is 11.5 Å². The van der Waals surface area contributed by atoms with Crippen molar-refractivity contribution in [2.24, 2.45) is 0 Å². The number of para-hydroxylation sites is 2. The van der Waals surface area contributed by atoms with Gasteiger partial charge in [-0.3, -0.25) is 0 Å². The van der Waals surface area contributed by atoms with Gasteiger partial charge < -0.3 is 14.2 Å². The summed E-state index contributed by atoms with van der Waals surface area (Å²) in [6.45, 7) is 0.598. The molecule has 0 aromatic heterocycles. The largest absolute Gasteiger partial charge is 0.496 e. The number of hydrogen-bond donors (Lipinski definition) is 0. The van der Waals surface area contributed by atoms with Crippen LogP contribution in [-0.4, -0.2) is 26.2 Å². The Morgan fingerprint density at radius 3 is 1.76 bits per heavy atom. The molecule has 2 aromatic carbocycles. The molecule has 112 valence electrons. The van der Waals surface area contributed by atoms with Gasteiger partial charge in [0.2, 0.25) is 0 Å². The lowest BCUT2D eigenvalue weighted by atomic mass is 9.99. The van der Waals surface area contributed by atoms with Crippen LogP contribution in [-0.2, 0) is 4.74 Å². The Morgan fingerprint density at radius 1 is 0.857 bits per heavy atom. The molecule has 0 fully saturated rings. The van der Waals surface area contributed by atoms with E-state index in [1.807, 2.05) is 48.5 Å². The summed E-state index contributed by atoms with van der Waals surface area (Å²) >= 11 is 3.41. The van der Waals surface area contributed by atoms with Crippen molar-refractivity contribution in [1.82, 2.24) is 0 Å². The monoisotopic (exact) mass is 350 g/mol. The number of rotatable bonds is 7. The molecule has 0 aliphatic carbocycles. The summed E-state index contributed by atoms with van der Waals surface area (Å²) in [4.78, 5) is 0. The molecule has 0 saturated heterocycles. The van der Waals surface area contributed by atoms with Crippen LogP contribution >= 0.6 is 15.9 Å². The van der Waals surface area contributed by atoms with Gasteiger partial charge in [-0.1, -0.05) is 52.3 Å². The Kier molecular flexibility index (Phi) is 6.08. The zero-order chi connectivity index (χ0) is 15.1. The summed E-state index contributed by atoms with van der Waals surface area (Å²) in [5, 5.41) is 0.772. The lowest BCUT2D eigenvalue weighted by Crippen LogP contribution is -2.10. The molecule has 3 nitrogen and oxygen atoms in total. The average Bonchev–Trinajstić information content (AvgIpc) is 2.56. The van der Waals surface area contributed by atoms with Crippen molar-refractivity contribution in [3.63, 3.8) is 0 Å². The number of ether oxygens (including phenoxy) is 3. The molecule has 0 radical (unpaired) electrons. The molecule has 2 rings (SSSR count). The summed E-state index contributed by atoms with van der Waals surface area (Å²) in [7, 11) is 3.34. The third-order valence-electron chi connectivity index (χ3n) is 3.20. The molecule has 0 heterocycles. The first-order chi connectivity index (χ1) is 10.3. The van der Waals surface area contributed by atoms with Gasteiger partial charge in [-0.15, -0.1) is 0 Å². The van der Waals surface area contributed by atoms with Gasteiger partial charge >= 0.3 is 0 Å². The van der Waals surface area contributed by atoms with E-state index in [2.05, 4.69) is 15.9 Å². The van der Waals surface area contributed by atoms with Gasteiger partial charge in [0, 0.05) is 16.5 Å². The average molecular weight is 351 g/mol. The molecule has 0 aliphatic heterocycles. The number of alkyl halides is 1. The SMILES string of the molecule is COc1ccccc1C(OCCBr)c1ccccc1OC. The van der Waals surface area contributed by atoms with Crippen LogP contribution in [0, 0.1) is 0 Å². The Balaban J connectivity index is 2.47. The van der Waals surface area contributed by atoms with Gasteiger partial charge in [0.15, 0.2) is 0 Å². The number of methoxy groups -OCH3 is 2. The standard InChI is InChI=1S/C17H19BrO3/c1-19-15-9-5-3-7-13(15)17(21-12-11-18)14-8-4-6-10-16(14)20-2/h3-10,17H,11-12H2,1-2H3. The van der Waals surface area contributed by atoms with Crippen LogP contribution in [0.15, 0.2) is 48.5 Å². The highest BCUT2D eigenvalue weighted by Gasteiger charge is 2.21. The van der Waals surface area contributed by atoms with Crippen LogP contribution < -0.4 is 9.47 Å². The third-order valence-corrected chi connectivity index (χ3v) is 3.53. The first-order valence-corrected chi connectivity index (χ1v) is 7.87. The zero-order valence-corrected chi connectivity index (χ0v) is 13.8. The fourth-order valence-electron chi connectivity index (χ4n) is 2.28. The fraction of sp³-hybridized carbons (Fsp3) is 0.294. The lowest BCUT2D eigenvalue weighted by Gasteiger charge is -2.22. The third kappa shape index (κ3) is 3.77. The van der Waals surface area contributed by atoms with Crippen molar-refractivity contribution in [3.05, 3.63) is 59.7 Å². The van der Waals surface area contributed by atoms with Crippen molar-refractivity contribution >= 4 is 15.9 Å². The summed E-state index contributed by atoms with van der Waals surface area (Å²) in [6, 6.07) is 15.8. The van der Waals surface area contributed by atoms with Crippen LogP contribution in [0.4, 0.5) is 0 Å². The second-order valence-electron chi connectivity index (χ2n) is 4.42. The van der Waals surface area contributed by atoms with Gasteiger partial charge in [0.1, 0.15) is 17.6 Å². The van der Waals surface area contributed by atoms with Gasteiger partial charge in [0.25, 0.3) is 0 Å². The van der Waals surface area contributed by atoms with E-state index in [-0.39, 0.29) is 6.10 Å². The highest BCUT2D eigenvalue weighted by Crippen LogP contribution is 2.37. The first kappa shape index (κ1) is 15.9. The second kappa shape index (κ2) is 8.05. The normalized spacial score (nSPS) is 10.7. The van der Waals surface area contributed by atoms with Gasteiger partial charge in [-0.05, 0) is 12.1 Å². The van der Waals surface area contributed by atoms with E-state index in [1.165, 1.54) is 0 Å². The number of benzene rings is 2. The molecule has 0 bridgehead atoms. The summed E-state index contributed by atoms with van der Waals surface area (Å²) in [5.41, 5.74) is 1.98. The van der Waals surface area contributed by atoms with Crippen LogP contribution in [0.3, 0.4) is 0 Å². The maximum absolute atomic E-state index is 6.04. The molecule has 0 amide bonds. The molecular formula is C17H19BrO3. The van der Waals surface area contributed by atoms with Crippen LogP contribution in [0.2, 0.25) is 0 Å². The van der Waals surface area contributed by atoms with E-state index < -0.39 is 0 Å². The van der Waals surface area contributed by atoms with E-state index >= 15 is 0 Å². The van der Waals surface area contributed by atoms with Gasteiger partial charge in [-0.2, -0.15) is 0 Å². The molecule has 21 heavy (non-hydrogen) atoms. The maximum Gasteiger partial charge on any atom is 0.125 e. The lowest BCUT2D eigenvalue weighted by molar-refractivity contribution is 0.0901. The van der Waals surface area contributed by atoms with E-state index in [4.69, 9.17) is 14.2 Å². The van der Waals surface area contributed by atoms with E-state index in [1.54, 1.807) is 14.2 Å². The summed E-state index contributed by atoms with van der Waals surface area (Å²) < 4.78 is 17.0. The Hall–Kier alpha value is -1.52. The predicted molar refractivity (Wildman–Crippen MR) is 87.6 cm³/mol.